The first-order valence-corrected chi connectivity index (χ1v) is 8.77. The first-order valence-electron chi connectivity index (χ1n) is 8.77. The third kappa shape index (κ3) is 3.00. The van der Waals surface area contributed by atoms with Crippen LogP contribution in [0.5, 0.6) is 0 Å². The first kappa shape index (κ1) is 14.8. The van der Waals surface area contributed by atoms with Crippen LogP contribution in [-0.4, -0.2) is 24.0 Å². The van der Waals surface area contributed by atoms with E-state index in [0.29, 0.717) is 0 Å². The molecule has 1 aliphatic heterocycles. The molecule has 1 aliphatic carbocycles. The van der Waals surface area contributed by atoms with E-state index in [-0.39, 0.29) is 5.91 Å². The van der Waals surface area contributed by atoms with Gasteiger partial charge >= 0.3 is 0 Å². The molecule has 3 N–H and O–H groups in total. The minimum absolute atomic E-state index is 0.0255. The molecule has 2 aromatic rings. The number of anilines is 1. The SMILES string of the molecule is CC(=O)Nc1c[nH]c2ccc(CCC3C[C@H]4CNC[C@H]4C3)cc12. The Labute approximate surface area is 137 Å². The highest BCUT2D eigenvalue weighted by atomic mass is 16.1. The number of carbonyl (C=O) groups is 1. The number of aromatic nitrogens is 1. The summed E-state index contributed by atoms with van der Waals surface area (Å²) in [5.41, 5.74) is 3.34. The van der Waals surface area contributed by atoms with Crippen molar-refractivity contribution in [2.45, 2.75) is 32.6 Å². The maximum absolute atomic E-state index is 11.3. The average molecular weight is 311 g/mol. The lowest BCUT2D eigenvalue weighted by Gasteiger charge is -2.11. The van der Waals surface area contributed by atoms with E-state index in [2.05, 4.69) is 33.8 Å². The first-order chi connectivity index (χ1) is 11.2. The van der Waals surface area contributed by atoms with Crippen molar-refractivity contribution >= 4 is 22.5 Å². The van der Waals surface area contributed by atoms with Crippen molar-refractivity contribution in [1.29, 1.82) is 0 Å². The van der Waals surface area contributed by atoms with Crippen molar-refractivity contribution in [2.75, 3.05) is 18.4 Å². The Kier molecular flexibility index (Phi) is 3.85. The van der Waals surface area contributed by atoms with E-state index in [9.17, 15) is 4.79 Å². The Bertz CT molecular complexity index is 708. The van der Waals surface area contributed by atoms with E-state index in [1.165, 1.54) is 37.9 Å². The topological polar surface area (TPSA) is 56.9 Å². The summed E-state index contributed by atoms with van der Waals surface area (Å²) in [7, 11) is 0. The Morgan fingerprint density at radius 3 is 2.78 bits per heavy atom. The molecule has 122 valence electrons. The highest BCUT2D eigenvalue weighted by molar-refractivity contribution is 6.01. The van der Waals surface area contributed by atoms with Gasteiger partial charge in [0.1, 0.15) is 0 Å². The summed E-state index contributed by atoms with van der Waals surface area (Å²) in [5, 5.41) is 7.54. The molecule has 0 radical (unpaired) electrons. The molecule has 3 atom stereocenters. The Morgan fingerprint density at radius 1 is 1.26 bits per heavy atom. The number of benzene rings is 1. The normalized spacial score (nSPS) is 26.6. The highest BCUT2D eigenvalue weighted by Gasteiger charge is 2.36. The van der Waals surface area contributed by atoms with Crippen LogP contribution in [0.1, 0.15) is 31.7 Å². The van der Waals surface area contributed by atoms with Crippen LogP contribution in [-0.2, 0) is 11.2 Å². The van der Waals surface area contributed by atoms with E-state index in [1.807, 2.05) is 6.20 Å². The molecule has 1 aromatic heterocycles. The summed E-state index contributed by atoms with van der Waals surface area (Å²) in [4.78, 5) is 14.5. The van der Waals surface area contributed by atoms with E-state index in [4.69, 9.17) is 0 Å². The number of amides is 1. The van der Waals surface area contributed by atoms with Gasteiger partial charge in [-0.05, 0) is 74.2 Å². The lowest BCUT2D eigenvalue weighted by Crippen LogP contribution is -2.12. The van der Waals surface area contributed by atoms with Crippen molar-refractivity contribution in [1.82, 2.24) is 10.3 Å². The van der Waals surface area contributed by atoms with Gasteiger partial charge in [-0.2, -0.15) is 0 Å². The van der Waals surface area contributed by atoms with Gasteiger partial charge in [-0.25, -0.2) is 0 Å². The zero-order chi connectivity index (χ0) is 15.8. The highest BCUT2D eigenvalue weighted by Crippen LogP contribution is 2.40. The minimum atomic E-state index is -0.0255. The summed E-state index contributed by atoms with van der Waals surface area (Å²) >= 11 is 0. The van der Waals surface area contributed by atoms with Crippen LogP contribution >= 0.6 is 0 Å². The second kappa shape index (κ2) is 6.00. The molecule has 0 spiro atoms. The standard InChI is InChI=1S/C19H25N3O/c1-12(23)22-19-11-21-18-5-4-13(8-17(18)19)2-3-14-6-15-9-20-10-16(15)7-14/h4-5,8,11,14-16,20-21H,2-3,6-7,9-10H2,1H3,(H,22,23)/t14?,15-,16+. The monoisotopic (exact) mass is 311 g/mol. The fourth-order valence-electron chi connectivity index (χ4n) is 4.51. The van der Waals surface area contributed by atoms with Gasteiger partial charge in [0.05, 0.1) is 5.69 Å². The van der Waals surface area contributed by atoms with Gasteiger partial charge in [-0.15, -0.1) is 0 Å². The second-order valence-corrected chi connectivity index (χ2v) is 7.32. The molecular formula is C19H25N3O. The van der Waals surface area contributed by atoms with Crippen molar-refractivity contribution in [3.05, 3.63) is 30.0 Å². The molecule has 1 aromatic carbocycles. The summed E-state index contributed by atoms with van der Waals surface area (Å²) in [6, 6.07) is 6.57. The number of aromatic amines is 1. The number of aryl methyl sites for hydroxylation is 1. The van der Waals surface area contributed by atoms with E-state index >= 15 is 0 Å². The fourth-order valence-corrected chi connectivity index (χ4v) is 4.51. The largest absolute Gasteiger partial charge is 0.359 e. The molecule has 1 saturated heterocycles. The summed E-state index contributed by atoms with van der Waals surface area (Å²) in [6.07, 6.45) is 7.11. The smallest absolute Gasteiger partial charge is 0.221 e. The van der Waals surface area contributed by atoms with Gasteiger partial charge < -0.3 is 15.6 Å². The Hall–Kier alpha value is -1.81. The number of hydrogen-bond acceptors (Lipinski definition) is 2. The van der Waals surface area contributed by atoms with Crippen LogP contribution in [0, 0.1) is 17.8 Å². The molecule has 1 unspecified atom stereocenters. The van der Waals surface area contributed by atoms with Crippen LogP contribution in [0.3, 0.4) is 0 Å². The molecule has 4 heteroatoms. The molecule has 1 amide bonds. The van der Waals surface area contributed by atoms with E-state index in [1.54, 1.807) is 6.92 Å². The number of H-pyrrole nitrogens is 1. The van der Waals surface area contributed by atoms with Gasteiger partial charge in [0.25, 0.3) is 0 Å². The molecule has 23 heavy (non-hydrogen) atoms. The predicted molar refractivity (Wildman–Crippen MR) is 93.5 cm³/mol. The predicted octanol–water partition coefficient (Wildman–Crippen LogP) is 3.30. The Balaban J connectivity index is 1.43. The Morgan fingerprint density at radius 2 is 2.04 bits per heavy atom. The molecule has 2 heterocycles. The molecule has 4 rings (SSSR count). The zero-order valence-corrected chi connectivity index (χ0v) is 13.7. The number of fused-ring (bicyclic) bond motifs is 2. The van der Waals surface area contributed by atoms with Gasteiger partial charge in [0.15, 0.2) is 0 Å². The van der Waals surface area contributed by atoms with Crippen molar-refractivity contribution in [3.8, 4) is 0 Å². The van der Waals surface area contributed by atoms with Crippen LogP contribution in [0.15, 0.2) is 24.4 Å². The van der Waals surface area contributed by atoms with Gasteiger partial charge in [0.2, 0.25) is 5.91 Å². The van der Waals surface area contributed by atoms with Crippen molar-refractivity contribution in [3.63, 3.8) is 0 Å². The lowest BCUT2D eigenvalue weighted by atomic mass is 9.96. The maximum Gasteiger partial charge on any atom is 0.221 e. The van der Waals surface area contributed by atoms with Crippen molar-refractivity contribution < 1.29 is 4.79 Å². The van der Waals surface area contributed by atoms with Gasteiger partial charge in [-0.1, -0.05) is 6.07 Å². The molecule has 2 aliphatic rings. The number of hydrogen-bond donors (Lipinski definition) is 3. The van der Waals surface area contributed by atoms with Gasteiger partial charge in [-0.3, -0.25) is 4.79 Å². The summed E-state index contributed by atoms with van der Waals surface area (Å²) in [5.74, 6) is 2.73. The van der Waals surface area contributed by atoms with Gasteiger partial charge in [0, 0.05) is 24.0 Å². The van der Waals surface area contributed by atoms with Crippen LogP contribution in [0.2, 0.25) is 0 Å². The number of rotatable bonds is 4. The molecule has 2 fully saturated rings. The third-order valence-electron chi connectivity index (χ3n) is 5.65. The number of carbonyl (C=O) groups excluding carboxylic acids is 1. The lowest BCUT2D eigenvalue weighted by molar-refractivity contribution is -0.114. The van der Waals surface area contributed by atoms with Crippen LogP contribution < -0.4 is 10.6 Å². The van der Waals surface area contributed by atoms with Crippen LogP contribution in [0.4, 0.5) is 5.69 Å². The quantitative estimate of drug-likeness (QED) is 0.811. The number of nitrogens with one attached hydrogen (secondary N) is 3. The van der Waals surface area contributed by atoms with Crippen molar-refractivity contribution in [2.24, 2.45) is 17.8 Å². The molecule has 0 bridgehead atoms. The second-order valence-electron chi connectivity index (χ2n) is 7.32. The molecule has 4 nitrogen and oxygen atoms in total. The van der Waals surface area contributed by atoms with E-state index < -0.39 is 0 Å². The zero-order valence-electron chi connectivity index (χ0n) is 13.7. The molecular weight excluding hydrogens is 286 g/mol. The average Bonchev–Trinajstić information content (AvgIpc) is 3.19. The maximum atomic E-state index is 11.3. The van der Waals surface area contributed by atoms with Crippen LogP contribution in [0.25, 0.3) is 10.9 Å². The van der Waals surface area contributed by atoms with E-state index in [0.717, 1.165) is 40.8 Å². The minimum Gasteiger partial charge on any atom is -0.359 e. The summed E-state index contributed by atoms with van der Waals surface area (Å²) in [6.45, 7) is 4.02. The summed E-state index contributed by atoms with van der Waals surface area (Å²) < 4.78 is 0. The molecule has 1 saturated carbocycles. The fraction of sp³-hybridized carbons (Fsp3) is 0.526. The third-order valence-corrected chi connectivity index (χ3v) is 5.65.